The molecule has 26 heavy (non-hydrogen) atoms. The first kappa shape index (κ1) is 19.3. The molecule has 2 saturated heterocycles. The van der Waals surface area contributed by atoms with Gasteiger partial charge in [0.1, 0.15) is 5.76 Å². The molecule has 2 fully saturated rings. The molecule has 0 spiro atoms. The summed E-state index contributed by atoms with van der Waals surface area (Å²) < 4.78 is 29.8. The minimum Gasteiger partial charge on any atom is -0.361 e. The van der Waals surface area contributed by atoms with Gasteiger partial charge in [-0.1, -0.05) is 5.16 Å². The standard InChI is InChI=1S/C17H28N4O4S/c1-14-12-16(18-25-14)13-19-6-3-7-20(11-10-19)17(22)15-4-8-21(9-5-15)26(2,23)24/h12,15H,3-11,13H2,1-2H3. The van der Waals surface area contributed by atoms with Gasteiger partial charge in [0, 0.05) is 57.8 Å². The molecule has 2 aliphatic heterocycles. The van der Waals surface area contributed by atoms with Crippen molar-refractivity contribution in [3.05, 3.63) is 17.5 Å². The number of amides is 1. The summed E-state index contributed by atoms with van der Waals surface area (Å²) in [6.45, 7) is 6.74. The largest absolute Gasteiger partial charge is 0.361 e. The molecule has 0 bridgehead atoms. The van der Waals surface area contributed by atoms with Gasteiger partial charge in [-0.05, 0) is 26.2 Å². The predicted molar refractivity (Wildman–Crippen MR) is 96.9 cm³/mol. The Morgan fingerprint density at radius 1 is 1.19 bits per heavy atom. The summed E-state index contributed by atoms with van der Waals surface area (Å²) in [7, 11) is -3.15. The maximum Gasteiger partial charge on any atom is 0.225 e. The molecular formula is C17H28N4O4S. The first-order valence-electron chi connectivity index (χ1n) is 9.21. The van der Waals surface area contributed by atoms with E-state index in [0.717, 1.165) is 44.1 Å². The van der Waals surface area contributed by atoms with Gasteiger partial charge < -0.3 is 9.42 Å². The summed E-state index contributed by atoms with van der Waals surface area (Å²) in [6.07, 6.45) is 3.40. The molecule has 1 aromatic heterocycles. The van der Waals surface area contributed by atoms with Gasteiger partial charge in [-0.3, -0.25) is 9.69 Å². The van der Waals surface area contributed by atoms with E-state index in [1.165, 1.54) is 10.6 Å². The van der Waals surface area contributed by atoms with E-state index < -0.39 is 10.0 Å². The van der Waals surface area contributed by atoms with E-state index in [2.05, 4.69) is 10.1 Å². The summed E-state index contributed by atoms with van der Waals surface area (Å²) in [5, 5.41) is 4.04. The number of carbonyl (C=O) groups excluding carboxylic acids is 1. The fourth-order valence-corrected chi connectivity index (χ4v) is 4.64. The lowest BCUT2D eigenvalue weighted by molar-refractivity contribution is -0.136. The second kappa shape index (κ2) is 8.06. The minimum absolute atomic E-state index is 0.0576. The van der Waals surface area contributed by atoms with Crippen molar-refractivity contribution < 1.29 is 17.7 Å². The van der Waals surface area contributed by atoms with Crippen molar-refractivity contribution in [1.29, 1.82) is 0 Å². The first-order chi connectivity index (χ1) is 12.3. The second-order valence-electron chi connectivity index (χ2n) is 7.32. The molecular weight excluding hydrogens is 356 g/mol. The topological polar surface area (TPSA) is 87.0 Å². The number of nitrogens with zero attached hydrogens (tertiary/aromatic N) is 4. The Morgan fingerprint density at radius 2 is 1.92 bits per heavy atom. The van der Waals surface area contributed by atoms with Gasteiger partial charge in [0.25, 0.3) is 0 Å². The molecule has 9 heteroatoms. The fourth-order valence-electron chi connectivity index (χ4n) is 3.76. The summed E-state index contributed by atoms with van der Waals surface area (Å²) in [5.74, 6) is 0.932. The van der Waals surface area contributed by atoms with Crippen LogP contribution in [0.25, 0.3) is 0 Å². The lowest BCUT2D eigenvalue weighted by Gasteiger charge is -2.32. The Bertz CT molecular complexity index is 725. The predicted octanol–water partition coefficient (Wildman–Crippen LogP) is 0.689. The van der Waals surface area contributed by atoms with E-state index >= 15 is 0 Å². The van der Waals surface area contributed by atoms with E-state index in [1.807, 2.05) is 17.9 Å². The third-order valence-electron chi connectivity index (χ3n) is 5.23. The molecule has 2 aliphatic rings. The number of carbonyl (C=O) groups is 1. The highest BCUT2D eigenvalue weighted by Gasteiger charge is 2.32. The summed E-state index contributed by atoms with van der Waals surface area (Å²) in [4.78, 5) is 17.1. The highest BCUT2D eigenvalue weighted by molar-refractivity contribution is 7.88. The Labute approximate surface area is 155 Å². The van der Waals surface area contributed by atoms with E-state index in [4.69, 9.17) is 4.52 Å². The van der Waals surface area contributed by atoms with Crippen molar-refractivity contribution in [3.8, 4) is 0 Å². The Balaban J connectivity index is 1.50. The summed E-state index contributed by atoms with van der Waals surface area (Å²) >= 11 is 0. The van der Waals surface area contributed by atoms with Gasteiger partial charge in [0.2, 0.25) is 15.9 Å². The average molecular weight is 385 g/mol. The Hall–Kier alpha value is -1.45. The second-order valence-corrected chi connectivity index (χ2v) is 9.30. The van der Waals surface area contributed by atoms with Gasteiger partial charge in [0.05, 0.1) is 11.9 Å². The van der Waals surface area contributed by atoms with Crippen LogP contribution in [0.3, 0.4) is 0 Å². The maximum absolute atomic E-state index is 12.8. The van der Waals surface area contributed by atoms with Crippen LogP contribution in [-0.2, 0) is 21.4 Å². The van der Waals surface area contributed by atoms with Crippen LogP contribution >= 0.6 is 0 Å². The van der Waals surface area contributed by atoms with E-state index in [9.17, 15) is 13.2 Å². The lowest BCUT2D eigenvalue weighted by Crippen LogP contribution is -2.45. The molecule has 0 saturated carbocycles. The molecule has 3 rings (SSSR count). The van der Waals surface area contributed by atoms with Gasteiger partial charge in [-0.15, -0.1) is 0 Å². The van der Waals surface area contributed by atoms with Crippen LogP contribution in [0.5, 0.6) is 0 Å². The number of hydrogen-bond acceptors (Lipinski definition) is 6. The zero-order valence-electron chi connectivity index (χ0n) is 15.6. The summed E-state index contributed by atoms with van der Waals surface area (Å²) in [6, 6.07) is 1.95. The van der Waals surface area contributed by atoms with Gasteiger partial charge in [-0.25, -0.2) is 12.7 Å². The minimum atomic E-state index is -3.15. The van der Waals surface area contributed by atoms with Crippen molar-refractivity contribution in [2.75, 3.05) is 45.5 Å². The number of rotatable bonds is 4. The average Bonchev–Trinajstić information content (AvgIpc) is 2.87. The number of piperidine rings is 1. The van der Waals surface area contributed by atoms with Gasteiger partial charge in [0.15, 0.2) is 0 Å². The fraction of sp³-hybridized carbons (Fsp3) is 0.765. The van der Waals surface area contributed by atoms with Crippen LogP contribution < -0.4 is 0 Å². The smallest absolute Gasteiger partial charge is 0.225 e. The van der Waals surface area contributed by atoms with Crippen LogP contribution in [0.1, 0.15) is 30.7 Å². The van der Waals surface area contributed by atoms with Crippen molar-refractivity contribution in [2.45, 2.75) is 32.7 Å². The summed E-state index contributed by atoms with van der Waals surface area (Å²) in [5.41, 5.74) is 0.926. The normalized spacial score (nSPS) is 21.7. The molecule has 0 atom stereocenters. The van der Waals surface area contributed by atoms with Gasteiger partial charge in [-0.2, -0.15) is 0 Å². The van der Waals surface area contributed by atoms with Gasteiger partial charge >= 0.3 is 0 Å². The molecule has 1 aromatic rings. The Kier molecular flexibility index (Phi) is 5.99. The van der Waals surface area contributed by atoms with Crippen LogP contribution in [0.15, 0.2) is 10.6 Å². The monoisotopic (exact) mass is 384 g/mol. The highest BCUT2D eigenvalue weighted by atomic mass is 32.2. The lowest BCUT2D eigenvalue weighted by atomic mass is 9.96. The molecule has 3 heterocycles. The van der Waals surface area contributed by atoms with E-state index in [1.54, 1.807) is 0 Å². The maximum atomic E-state index is 12.8. The highest BCUT2D eigenvalue weighted by Crippen LogP contribution is 2.22. The quantitative estimate of drug-likeness (QED) is 0.759. The molecule has 1 amide bonds. The van der Waals surface area contributed by atoms with E-state index in [-0.39, 0.29) is 11.8 Å². The SMILES string of the molecule is Cc1cc(CN2CCCN(C(=O)C3CCN(S(C)(=O)=O)CC3)CC2)no1. The molecule has 0 aliphatic carbocycles. The first-order valence-corrected chi connectivity index (χ1v) is 11.1. The van der Waals surface area contributed by atoms with Crippen LogP contribution in [0.4, 0.5) is 0 Å². The zero-order chi connectivity index (χ0) is 18.7. The number of aromatic nitrogens is 1. The number of aryl methyl sites for hydroxylation is 1. The van der Waals surface area contributed by atoms with Crippen molar-refractivity contribution in [2.24, 2.45) is 5.92 Å². The molecule has 0 N–H and O–H groups in total. The molecule has 0 radical (unpaired) electrons. The van der Waals surface area contributed by atoms with Crippen molar-refractivity contribution >= 4 is 15.9 Å². The molecule has 0 aromatic carbocycles. The number of sulfonamides is 1. The molecule has 146 valence electrons. The van der Waals surface area contributed by atoms with E-state index in [0.29, 0.717) is 32.5 Å². The van der Waals surface area contributed by atoms with Crippen LogP contribution in [0, 0.1) is 12.8 Å². The molecule has 0 unspecified atom stereocenters. The zero-order valence-corrected chi connectivity index (χ0v) is 16.4. The van der Waals surface area contributed by atoms with Crippen molar-refractivity contribution in [1.82, 2.24) is 19.3 Å². The third kappa shape index (κ3) is 4.83. The van der Waals surface area contributed by atoms with Crippen LogP contribution in [0.2, 0.25) is 0 Å². The third-order valence-corrected chi connectivity index (χ3v) is 6.54. The van der Waals surface area contributed by atoms with Crippen molar-refractivity contribution in [3.63, 3.8) is 0 Å². The Morgan fingerprint density at radius 3 is 2.54 bits per heavy atom. The van der Waals surface area contributed by atoms with Crippen LogP contribution in [-0.4, -0.2) is 79.1 Å². The molecule has 8 nitrogen and oxygen atoms in total. The number of hydrogen-bond donors (Lipinski definition) is 0.